The number of halogens is 1. The number of ketones is 1. The minimum atomic E-state index is -1.12. The van der Waals surface area contributed by atoms with Crippen molar-refractivity contribution in [3.05, 3.63) is 35.4 Å². The van der Waals surface area contributed by atoms with E-state index in [1.54, 1.807) is 30.3 Å². The van der Waals surface area contributed by atoms with Gasteiger partial charge < -0.3 is 10.2 Å². The molecule has 4 nitrogen and oxygen atoms in total. The van der Waals surface area contributed by atoms with Crippen LogP contribution in [0.2, 0.25) is 0 Å². The van der Waals surface area contributed by atoms with Crippen molar-refractivity contribution in [1.29, 1.82) is 5.26 Å². The fraction of sp³-hybridized carbons (Fsp3) is 0.385. The quantitative estimate of drug-likeness (QED) is 0.621. The third-order valence-corrected chi connectivity index (χ3v) is 3.05. The van der Waals surface area contributed by atoms with E-state index in [1.807, 2.05) is 0 Å². The van der Waals surface area contributed by atoms with Gasteiger partial charge >= 0.3 is 0 Å². The van der Waals surface area contributed by atoms with Crippen molar-refractivity contribution in [1.82, 2.24) is 0 Å². The molecule has 0 aliphatic heterocycles. The first-order valence-corrected chi connectivity index (χ1v) is 6.65. The van der Waals surface area contributed by atoms with E-state index in [0.717, 1.165) is 0 Å². The summed E-state index contributed by atoms with van der Waals surface area (Å²) in [5.74, 6) is -0.349. The van der Waals surface area contributed by atoms with Crippen LogP contribution in [0.25, 0.3) is 0 Å². The molecule has 1 aromatic carbocycles. The molecule has 0 saturated heterocycles. The second-order valence-electron chi connectivity index (χ2n) is 3.84. The Labute approximate surface area is 114 Å². The second kappa shape index (κ2) is 7.27. The summed E-state index contributed by atoms with van der Waals surface area (Å²) in [5, 5.41) is 28.9. The van der Waals surface area contributed by atoms with E-state index in [0.29, 0.717) is 22.9 Å². The normalized spacial score (nSPS) is 13.7. The summed E-state index contributed by atoms with van der Waals surface area (Å²) in [7, 11) is 0. The van der Waals surface area contributed by atoms with Gasteiger partial charge in [-0.2, -0.15) is 5.26 Å². The second-order valence-corrected chi connectivity index (χ2v) is 4.63. The van der Waals surface area contributed by atoms with Gasteiger partial charge in [0.05, 0.1) is 18.6 Å². The molecule has 0 radical (unpaired) electrons. The molecule has 96 valence electrons. The summed E-state index contributed by atoms with van der Waals surface area (Å²) in [5.41, 5.74) is 0.659. The Balaban J connectivity index is 3.02. The summed E-state index contributed by atoms with van der Waals surface area (Å²) in [6, 6.07) is 8.28. The molecule has 0 aliphatic carbocycles. The van der Waals surface area contributed by atoms with E-state index in [4.69, 9.17) is 5.26 Å². The predicted octanol–water partition coefficient (Wildman–Crippen LogP) is 1.96. The van der Waals surface area contributed by atoms with Gasteiger partial charge in [0, 0.05) is 10.9 Å². The molecule has 0 amide bonds. The smallest absolute Gasteiger partial charge is 0.177 e. The van der Waals surface area contributed by atoms with Crippen molar-refractivity contribution in [2.24, 2.45) is 0 Å². The van der Waals surface area contributed by atoms with E-state index in [1.165, 1.54) is 0 Å². The highest BCUT2D eigenvalue weighted by atomic mass is 79.9. The van der Waals surface area contributed by atoms with Crippen LogP contribution in [-0.2, 0) is 0 Å². The predicted molar refractivity (Wildman–Crippen MR) is 70.4 cm³/mol. The molecule has 0 aromatic heterocycles. The summed E-state index contributed by atoms with van der Waals surface area (Å²) >= 11 is 3.18. The number of nitrogens with zero attached hydrogens (tertiary/aromatic N) is 1. The molecule has 0 aliphatic rings. The monoisotopic (exact) mass is 311 g/mol. The Bertz CT molecular complexity index is 456. The Hall–Kier alpha value is -1.22. The number of hydrogen-bond donors (Lipinski definition) is 2. The van der Waals surface area contributed by atoms with Crippen molar-refractivity contribution >= 4 is 21.7 Å². The van der Waals surface area contributed by atoms with Crippen molar-refractivity contribution < 1.29 is 15.0 Å². The number of carbonyl (C=O) groups is 1. The standard InChI is InChI=1S/C13H14BrNO3/c14-7-5-12(17)13(18)10-4-2-1-3-9(10)11(16)6-8-15/h1-4,12-13,17-18H,5-7H2. The lowest BCUT2D eigenvalue weighted by atomic mass is 9.94. The van der Waals surface area contributed by atoms with Crippen LogP contribution in [-0.4, -0.2) is 27.4 Å². The maximum atomic E-state index is 11.7. The van der Waals surface area contributed by atoms with Crippen molar-refractivity contribution in [3.63, 3.8) is 0 Å². The van der Waals surface area contributed by atoms with Gasteiger partial charge in [0.15, 0.2) is 5.78 Å². The molecule has 2 N–H and O–H groups in total. The third kappa shape index (κ3) is 3.64. The number of alkyl halides is 1. The lowest BCUT2D eigenvalue weighted by Crippen LogP contribution is -2.21. The van der Waals surface area contributed by atoms with E-state index >= 15 is 0 Å². The van der Waals surface area contributed by atoms with Gasteiger partial charge in [-0.3, -0.25) is 4.79 Å². The SMILES string of the molecule is N#CCC(=O)c1ccccc1C(O)C(O)CCBr. The van der Waals surface area contributed by atoms with E-state index < -0.39 is 12.2 Å². The van der Waals surface area contributed by atoms with E-state index in [-0.39, 0.29) is 12.2 Å². The molecular weight excluding hydrogens is 298 g/mol. The van der Waals surface area contributed by atoms with Gasteiger partial charge in [0.25, 0.3) is 0 Å². The van der Waals surface area contributed by atoms with Crippen LogP contribution < -0.4 is 0 Å². The third-order valence-electron chi connectivity index (χ3n) is 2.59. The van der Waals surface area contributed by atoms with Crippen LogP contribution >= 0.6 is 15.9 Å². The van der Waals surface area contributed by atoms with E-state index in [2.05, 4.69) is 15.9 Å². The summed E-state index contributed by atoms with van der Waals surface area (Å²) in [4.78, 5) is 11.7. The summed E-state index contributed by atoms with van der Waals surface area (Å²) in [6.45, 7) is 0. The molecule has 1 rings (SSSR count). The maximum absolute atomic E-state index is 11.7. The Morgan fingerprint density at radius 3 is 2.67 bits per heavy atom. The minimum Gasteiger partial charge on any atom is -0.390 e. The zero-order valence-corrected chi connectivity index (χ0v) is 11.3. The van der Waals surface area contributed by atoms with Crippen LogP contribution in [0.1, 0.15) is 34.9 Å². The van der Waals surface area contributed by atoms with Gasteiger partial charge in [-0.05, 0) is 12.0 Å². The number of nitriles is 1. The highest BCUT2D eigenvalue weighted by molar-refractivity contribution is 9.09. The van der Waals surface area contributed by atoms with Gasteiger partial charge in [-0.1, -0.05) is 40.2 Å². The van der Waals surface area contributed by atoms with Crippen molar-refractivity contribution in [2.45, 2.75) is 25.0 Å². The molecule has 2 unspecified atom stereocenters. The van der Waals surface area contributed by atoms with Gasteiger partial charge in [-0.25, -0.2) is 0 Å². The first-order valence-electron chi connectivity index (χ1n) is 5.53. The van der Waals surface area contributed by atoms with Crippen molar-refractivity contribution in [2.75, 3.05) is 5.33 Å². The molecule has 0 saturated carbocycles. The Morgan fingerprint density at radius 2 is 2.06 bits per heavy atom. The summed E-state index contributed by atoms with van der Waals surface area (Å²) in [6.07, 6.45) is -1.93. The number of rotatable bonds is 6. The summed E-state index contributed by atoms with van der Waals surface area (Å²) < 4.78 is 0. The van der Waals surface area contributed by atoms with Gasteiger partial charge in [0.1, 0.15) is 6.10 Å². The molecule has 0 bridgehead atoms. The number of aliphatic hydroxyl groups is 2. The van der Waals surface area contributed by atoms with Crippen LogP contribution in [0, 0.1) is 11.3 Å². The number of aliphatic hydroxyl groups excluding tert-OH is 2. The largest absolute Gasteiger partial charge is 0.390 e. The Kier molecular flexibility index (Phi) is 5.99. The van der Waals surface area contributed by atoms with Crippen molar-refractivity contribution in [3.8, 4) is 6.07 Å². The molecule has 1 aromatic rings. The zero-order valence-electron chi connectivity index (χ0n) is 9.71. The highest BCUT2D eigenvalue weighted by Gasteiger charge is 2.22. The lowest BCUT2D eigenvalue weighted by Gasteiger charge is -2.19. The molecule has 0 heterocycles. The van der Waals surface area contributed by atoms with Crippen LogP contribution in [0.15, 0.2) is 24.3 Å². The number of benzene rings is 1. The highest BCUT2D eigenvalue weighted by Crippen LogP contribution is 2.24. The molecular formula is C13H14BrNO3. The zero-order chi connectivity index (χ0) is 13.5. The first kappa shape index (κ1) is 14.8. The molecule has 2 atom stereocenters. The van der Waals surface area contributed by atoms with Gasteiger partial charge in [0.2, 0.25) is 0 Å². The first-order chi connectivity index (χ1) is 8.61. The van der Waals surface area contributed by atoms with E-state index in [9.17, 15) is 15.0 Å². The lowest BCUT2D eigenvalue weighted by molar-refractivity contribution is 0.0169. The number of carbonyl (C=O) groups excluding carboxylic acids is 1. The van der Waals surface area contributed by atoms with Crippen LogP contribution in [0.5, 0.6) is 0 Å². The Morgan fingerprint density at radius 1 is 1.39 bits per heavy atom. The van der Waals surface area contributed by atoms with Gasteiger partial charge in [-0.15, -0.1) is 0 Å². The number of hydrogen-bond acceptors (Lipinski definition) is 4. The minimum absolute atomic E-state index is 0.238. The molecule has 5 heteroatoms. The maximum Gasteiger partial charge on any atom is 0.177 e. The fourth-order valence-electron chi connectivity index (χ4n) is 1.65. The average Bonchev–Trinajstić information content (AvgIpc) is 2.38. The average molecular weight is 312 g/mol. The molecule has 18 heavy (non-hydrogen) atoms. The molecule has 0 fully saturated rings. The number of Topliss-reactive ketones (excluding diaryl/α,β-unsaturated/α-hetero) is 1. The van der Waals surface area contributed by atoms with Crippen LogP contribution in [0.4, 0.5) is 0 Å². The topological polar surface area (TPSA) is 81.3 Å². The van der Waals surface area contributed by atoms with Crippen LogP contribution in [0.3, 0.4) is 0 Å². The fourth-order valence-corrected chi connectivity index (χ4v) is 2.12. The molecule has 0 spiro atoms.